The highest BCUT2D eigenvalue weighted by Crippen LogP contribution is 2.30. The molecule has 1 aromatic heterocycles. The Balaban J connectivity index is 1.60. The Morgan fingerprint density at radius 1 is 1.12 bits per heavy atom. The summed E-state index contributed by atoms with van der Waals surface area (Å²) in [6, 6.07) is 17.8. The van der Waals surface area contributed by atoms with Crippen molar-refractivity contribution >= 4 is 28.8 Å². The molecule has 3 aromatic rings. The SMILES string of the molecule is CC(C)(CNC(=O)Cc1csc(-c2ccccc2Cl)n1)c1ccccc1. The van der Waals surface area contributed by atoms with Crippen LogP contribution in [0.4, 0.5) is 0 Å². The number of hydrogen-bond acceptors (Lipinski definition) is 3. The predicted molar refractivity (Wildman–Crippen MR) is 109 cm³/mol. The van der Waals surface area contributed by atoms with E-state index in [1.54, 1.807) is 0 Å². The first-order chi connectivity index (χ1) is 12.5. The van der Waals surface area contributed by atoms with Crippen LogP contribution in [0.2, 0.25) is 5.02 Å². The molecule has 0 aliphatic heterocycles. The first kappa shape index (κ1) is 18.6. The van der Waals surface area contributed by atoms with Crippen molar-refractivity contribution in [2.45, 2.75) is 25.7 Å². The van der Waals surface area contributed by atoms with E-state index < -0.39 is 0 Å². The highest BCUT2D eigenvalue weighted by atomic mass is 35.5. The molecule has 3 nitrogen and oxygen atoms in total. The van der Waals surface area contributed by atoms with Crippen molar-refractivity contribution in [1.29, 1.82) is 0 Å². The van der Waals surface area contributed by atoms with Gasteiger partial charge in [-0.05, 0) is 11.6 Å². The van der Waals surface area contributed by atoms with E-state index in [-0.39, 0.29) is 17.7 Å². The van der Waals surface area contributed by atoms with Gasteiger partial charge in [-0.3, -0.25) is 4.79 Å². The van der Waals surface area contributed by atoms with Gasteiger partial charge in [-0.2, -0.15) is 0 Å². The molecule has 0 aliphatic carbocycles. The van der Waals surface area contributed by atoms with E-state index in [4.69, 9.17) is 11.6 Å². The van der Waals surface area contributed by atoms with Crippen LogP contribution in [-0.4, -0.2) is 17.4 Å². The van der Waals surface area contributed by atoms with Gasteiger partial charge in [0.1, 0.15) is 5.01 Å². The van der Waals surface area contributed by atoms with Crippen LogP contribution < -0.4 is 5.32 Å². The fourth-order valence-electron chi connectivity index (χ4n) is 2.68. The first-order valence-corrected chi connectivity index (χ1v) is 9.73. The quantitative estimate of drug-likeness (QED) is 0.642. The summed E-state index contributed by atoms with van der Waals surface area (Å²) >= 11 is 7.72. The number of hydrogen-bond donors (Lipinski definition) is 1. The maximum absolute atomic E-state index is 12.3. The van der Waals surface area contributed by atoms with E-state index in [1.807, 2.05) is 47.8 Å². The molecule has 134 valence electrons. The van der Waals surface area contributed by atoms with Crippen LogP contribution in [0.25, 0.3) is 10.6 Å². The summed E-state index contributed by atoms with van der Waals surface area (Å²) in [5.41, 5.74) is 2.74. The molecule has 0 bridgehead atoms. The fourth-order valence-corrected chi connectivity index (χ4v) is 3.82. The summed E-state index contributed by atoms with van der Waals surface area (Å²) in [4.78, 5) is 16.9. The molecule has 0 fully saturated rings. The smallest absolute Gasteiger partial charge is 0.226 e. The molecule has 1 heterocycles. The maximum atomic E-state index is 12.3. The van der Waals surface area contributed by atoms with Crippen LogP contribution >= 0.6 is 22.9 Å². The highest BCUT2D eigenvalue weighted by molar-refractivity contribution is 7.13. The summed E-state index contributed by atoms with van der Waals surface area (Å²) in [5.74, 6) is -0.0231. The molecule has 5 heteroatoms. The number of rotatable bonds is 6. The minimum atomic E-state index is -0.123. The molecule has 0 unspecified atom stereocenters. The Labute approximate surface area is 163 Å². The lowest BCUT2D eigenvalue weighted by Crippen LogP contribution is -2.37. The van der Waals surface area contributed by atoms with E-state index in [9.17, 15) is 4.79 Å². The minimum absolute atomic E-state index is 0.0231. The third-order valence-corrected chi connectivity index (χ3v) is 5.53. The molecule has 0 radical (unpaired) electrons. The Morgan fingerprint density at radius 3 is 2.54 bits per heavy atom. The van der Waals surface area contributed by atoms with Crippen molar-refractivity contribution in [1.82, 2.24) is 10.3 Å². The molecule has 2 aromatic carbocycles. The lowest BCUT2D eigenvalue weighted by atomic mass is 9.84. The zero-order valence-electron chi connectivity index (χ0n) is 14.8. The summed E-state index contributed by atoms with van der Waals surface area (Å²) in [5, 5.41) is 6.45. The van der Waals surface area contributed by atoms with Gasteiger partial charge < -0.3 is 5.32 Å². The fraction of sp³-hybridized carbons (Fsp3) is 0.238. The van der Waals surface area contributed by atoms with Crippen LogP contribution in [0.5, 0.6) is 0 Å². The number of nitrogens with zero attached hydrogens (tertiary/aromatic N) is 1. The number of halogens is 1. The topological polar surface area (TPSA) is 42.0 Å². The van der Waals surface area contributed by atoms with Gasteiger partial charge in [-0.1, -0.05) is 74.0 Å². The molecule has 0 atom stereocenters. The van der Waals surface area contributed by atoms with Gasteiger partial charge in [0, 0.05) is 22.9 Å². The lowest BCUT2D eigenvalue weighted by molar-refractivity contribution is -0.120. The van der Waals surface area contributed by atoms with Gasteiger partial charge in [0.25, 0.3) is 0 Å². The molecular weight excluding hydrogens is 364 g/mol. The zero-order valence-corrected chi connectivity index (χ0v) is 16.4. The maximum Gasteiger partial charge on any atom is 0.226 e. The second kappa shape index (κ2) is 8.02. The average Bonchev–Trinajstić information content (AvgIpc) is 3.09. The number of aromatic nitrogens is 1. The lowest BCUT2D eigenvalue weighted by Gasteiger charge is -2.25. The molecule has 0 saturated heterocycles. The number of carbonyl (C=O) groups excluding carboxylic acids is 1. The van der Waals surface area contributed by atoms with E-state index in [2.05, 4.69) is 36.3 Å². The van der Waals surface area contributed by atoms with Crippen LogP contribution in [-0.2, 0) is 16.6 Å². The second-order valence-electron chi connectivity index (χ2n) is 6.83. The van der Waals surface area contributed by atoms with Crippen LogP contribution in [0, 0.1) is 0 Å². The van der Waals surface area contributed by atoms with Gasteiger partial charge in [-0.25, -0.2) is 4.98 Å². The number of carbonyl (C=O) groups is 1. The van der Waals surface area contributed by atoms with E-state index in [0.717, 1.165) is 16.3 Å². The Hall–Kier alpha value is -2.17. The third-order valence-electron chi connectivity index (χ3n) is 4.28. The average molecular weight is 385 g/mol. The molecule has 1 amide bonds. The standard InChI is InChI=1S/C21H21ClN2OS/c1-21(2,15-8-4-3-5-9-15)14-23-19(25)12-16-13-26-20(24-16)17-10-6-7-11-18(17)22/h3-11,13H,12,14H2,1-2H3,(H,23,25). The first-order valence-electron chi connectivity index (χ1n) is 8.47. The van der Waals surface area contributed by atoms with Gasteiger partial charge in [0.2, 0.25) is 5.91 Å². The predicted octanol–water partition coefficient (Wildman–Crippen LogP) is 5.10. The van der Waals surface area contributed by atoms with E-state index in [1.165, 1.54) is 16.9 Å². The van der Waals surface area contributed by atoms with Crippen molar-refractivity contribution < 1.29 is 4.79 Å². The minimum Gasteiger partial charge on any atom is -0.355 e. The monoisotopic (exact) mass is 384 g/mol. The normalized spacial score (nSPS) is 11.3. The highest BCUT2D eigenvalue weighted by Gasteiger charge is 2.21. The van der Waals surface area contributed by atoms with Crippen LogP contribution in [0.3, 0.4) is 0 Å². The molecule has 0 spiro atoms. The summed E-state index contributed by atoms with van der Waals surface area (Å²) in [7, 11) is 0. The zero-order chi connectivity index (χ0) is 18.6. The van der Waals surface area contributed by atoms with Crippen LogP contribution in [0.15, 0.2) is 60.0 Å². The van der Waals surface area contributed by atoms with Crippen molar-refractivity contribution in [3.8, 4) is 10.6 Å². The third kappa shape index (κ3) is 4.51. The summed E-state index contributed by atoms with van der Waals surface area (Å²) in [6.07, 6.45) is 0.270. The number of amides is 1. The summed E-state index contributed by atoms with van der Waals surface area (Å²) in [6.45, 7) is 4.83. The molecular formula is C21H21ClN2OS. The van der Waals surface area contributed by atoms with Gasteiger partial charge >= 0.3 is 0 Å². The number of benzene rings is 2. The Morgan fingerprint density at radius 2 is 1.81 bits per heavy atom. The number of nitrogens with one attached hydrogen (secondary N) is 1. The van der Waals surface area contributed by atoms with E-state index >= 15 is 0 Å². The molecule has 1 N–H and O–H groups in total. The van der Waals surface area contributed by atoms with Crippen molar-refractivity contribution in [3.63, 3.8) is 0 Å². The van der Waals surface area contributed by atoms with E-state index in [0.29, 0.717) is 11.6 Å². The number of thiazole rings is 1. The summed E-state index contributed by atoms with van der Waals surface area (Å²) < 4.78 is 0. The Kier molecular flexibility index (Phi) is 5.74. The largest absolute Gasteiger partial charge is 0.355 e. The van der Waals surface area contributed by atoms with Gasteiger partial charge in [-0.15, -0.1) is 11.3 Å². The van der Waals surface area contributed by atoms with Crippen molar-refractivity contribution in [3.05, 3.63) is 76.3 Å². The van der Waals surface area contributed by atoms with Gasteiger partial charge in [0.05, 0.1) is 17.1 Å². The molecule has 0 saturated carbocycles. The van der Waals surface area contributed by atoms with Gasteiger partial charge in [0.15, 0.2) is 0 Å². The second-order valence-corrected chi connectivity index (χ2v) is 8.09. The molecule has 0 aliphatic rings. The van der Waals surface area contributed by atoms with Crippen molar-refractivity contribution in [2.75, 3.05) is 6.54 Å². The molecule has 3 rings (SSSR count). The molecule has 26 heavy (non-hydrogen) atoms. The Bertz CT molecular complexity index is 890. The van der Waals surface area contributed by atoms with Crippen LogP contribution in [0.1, 0.15) is 25.1 Å². The van der Waals surface area contributed by atoms with Crippen molar-refractivity contribution in [2.24, 2.45) is 0 Å².